The summed E-state index contributed by atoms with van der Waals surface area (Å²) in [6.07, 6.45) is 2.99. The molecule has 60 valence electrons. The fourth-order valence-corrected chi connectivity index (χ4v) is 12.2. The molecule has 0 aromatic heterocycles. The van der Waals surface area contributed by atoms with Gasteiger partial charge in [0.05, 0.1) is 4.58 Å². The number of rotatable bonds is 1. The van der Waals surface area contributed by atoms with Gasteiger partial charge in [-0.2, -0.15) is 9.93 Å². The molecule has 0 N–H and O–H groups in total. The van der Waals surface area contributed by atoms with E-state index in [4.69, 9.17) is 0 Å². The van der Waals surface area contributed by atoms with Gasteiger partial charge in [-0.15, -0.1) is 10.8 Å². The van der Waals surface area contributed by atoms with Gasteiger partial charge in [-0.1, -0.05) is 21.6 Å². The van der Waals surface area contributed by atoms with Crippen LogP contribution in [0.1, 0.15) is 12.8 Å². The van der Waals surface area contributed by atoms with Gasteiger partial charge < -0.3 is 0 Å². The number of hydrogen-bond donors (Lipinski definition) is 1. The molecule has 2 unspecified atom stereocenters. The Kier molecular flexibility index (Phi) is 3.11. The van der Waals surface area contributed by atoms with Gasteiger partial charge >= 0.3 is 0 Å². The average molecular weight is 212 g/mol. The zero-order valence-corrected chi connectivity index (χ0v) is 9.13. The lowest BCUT2D eigenvalue weighted by atomic mass is 10.6. The third kappa shape index (κ3) is 1.76. The molecule has 0 nitrogen and oxygen atoms in total. The predicted molar refractivity (Wildman–Crippen MR) is 59.4 cm³/mol. The predicted octanol–water partition coefficient (Wildman–Crippen LogP) is 3.15. The maximum absolute atomic E-state index is 2.27. The van der Waals surface area contributed by atoms with Crippen LogP contribution in [0.3, 0.4) is 0 Å². The van der Waals surface area contributed by atoms with Crippen LogP contribution in [0.2, 0.25) is 0 Å². The molecule has 2 aliphatic heterocycles. The van der Waals surface area contributed by atoms with Gasteiger partial charge in [0, 0.05) is 11.5 Å². The molecule has 0 aromatic rings. The SMILES string of the molecule is C1CS[SH](C2CCSS2)C1. The molecule has 2 atom stereocenters. The van der Waals surface area contributed by atoms with Crippen molar-refractivity contribution in [2.45, 2.75) is 17.4 Å². The van der Waals surface area contributed by atoms with Crippen LogP contribution in [0.25, 0.3) is 0 Å². The lowest BCUT2D eigenvalue weighted by Crippen LogP contribution is -1.95. The molecule has 2 saturated heterocycles. The van der Waals surface area contributed by atoms with Crippen LogP contribution in [-0.4, -0.2) is 21.8 Å². The van der Waals surface area contributed by atoms with Crippen molar-refractivity contribution >= 4 is 42.3 Å². The minimum Gasteiger partial charge on any atom is -0.192 e. The summed E-state index contributed by atoms with van der Waals surface area (Å²) in [4.78, 5) is 0. The minimum absolute atomic E-state index is 0.413. The van der Waals surface area contributed by atoms with Gasteiger partial charge in [-0.3, -0.25) is 0 Å². The molecule has 4 heteroatoms. The molecule has 2 heterocycles. The largest absolute Gasteiger partial charge is 0.192 e. The Labute approximate surface area is 76.8 Å². The highest BCUT2D eigenvalue weighted by Crippen LogP contribution is 2.60. The van der Waals surface area contributed by atoms with E-state index in [0.29, 0.717) is 9.93 Å². The van der Waals surface area contributed by atoms with E-state index in [-0.39, 0.29) is 0 Å². The third-order valence-electron chi connectivity index (χ3n) is 1.73. The Bertz CT molecular complexity index is 90.3. The quantitative estimate of drug-likeness (QED) is 0.524. The Morgan fingerprint density at radius 2 is 2.30 bits per heavy atom. The van der Waals surface area contributed by atoms with E-state index in [1.54, 1.807) is 5.75 Å². The van der Waals surface area contributed by atoms with Gasteiger partial charge in [0.15, 0.2) is 0 Å². The van der Waals surface area contributed by atoms with Crippen molar-refractivity contribution in [1.82, 2.24) is 0 Å². The first-order valence-electron chi connectivity index (χ1n) is 3.64. The van der Waals surface area contributed by atoms with Crippen LogP contribution in [-0.2, 0) is 0 Å². The van der Waals surface area contributed by atoms with E-state index in [1.165, 1.54) is 24.3 Å². The van der Waals surface area contributed by atoms with E-state index < -0.39 is 0 Å². The lowest BCUT2D eigenvalue weighted by Gasteiger charge is -2.18. The maximum atomic E-state index is 2.27. The molecule has 0 bridgehead atoms. The Hall–Kier alpha value is 1.40. The second kappa shape index (κ2) is 3.87. The molecule has 0 amide bonds. The molecule has 0 spiro atoms. The van der Waals surface area contributed by atoms with Gasteiger partial charge in [-0.25, -0.2) is 0 Å². The van der Waals surface area contributed by atoms with Crippen LogP contribution in [0.4, 0.5) is 0 Å². The molecule has 10 heavy (non-hydrogen) atoms. The summed E-state index contributed by atoms with van der Waals surface area (Å²) in [5.41, 5.74) is 0. The van der Waals surface area contributed by atoms with E-state index in [2.05, 4.69) is 32.4 Å². The van der Waals surface area contributed by atoms with E-state index >= 15 is 0 Å². The van der Waals surface area contributed by atoms with Crippen LogP contribution >= 0.6 is 42.3 Å². The number of hydrogen-bond acceptors (Lipinski definition) is 3. The summed E-state index contributed by atoms with van der Waals surface area (Å²) in [6, 6.07) is 0. The summed E-state index contributed by atoms with van der Waals surface area (Å²) in [5, 5.41) is 0. The normalized spacial score (nSPS) is 44.4. The fraction of sp³-hybridized carbons (Fsp3) is 1.00. The standard InChI is InChI=1S/C6H12S4/c1-3-8-10(5-1)6-2-4-7-9-6/h6,10H,1-5H2. The van der Waals surface area contributed by atoms with Crippen LogP contribution in [0.15, 0.2) is 0 Å². The molecular formula is C6H12S4. The molecule has 0 saturated carbocycles. The highest BCUT2D eigenvalue weighted by Gasteiger charge is 2.26. The van der Waals surface area contributed by atoms with Gasteiger partial charge in [0.25, 0.3) is 0 Å². The first-order valence-corrected chi connectivity index (χ1v) is 9.21. The van der Waals surface area contributed by atoms with Crippen molar-refractivity contribution in [1.29, 1.82) is 0 Å². The second-order valence-corrected chi connectivity index (χ2v) is 10.3. The summed E-state index contributed by atoms with van der Waals surface area (Å²) < 4.78 is 1.06. The summed E-state index contributed by atoms with van der Waals surface area (Å²) in [5.74, 6) is 4.42. The summed E-state index contributed by atoms with van der Waals surface area (Å²) >= 11 is 0. The molecule has 0 radical (unpaired) electrons. The highest BCUT2D eigenvalue weighted by atomic mass is 33.2. The Balaban J connectivity index is 1.85. The minimum atomic E-state index is 0.413. The van der Waals surface area contributed by atoms with E-state index in [1.807, 2.05) is 0 Å². The summed E-state index contributed by atoms with van der Waals surface area (Å²) in [6.45, 7) is 0. The van der Waals surface area contributed by atoms with Crippen molar-refractivity contribution in [2.24, 2.45) is 0 Å². The lowest BCUT2D eigenvalue weighted by molar-refractivity contribution is 1.08. The third-order valence-corrected chi connectivity index (χ3v) is 11.6. The van der Waals surface area contributed by atoms with Gasteiger partial charge in [0.1, 0.15) is 0 Å². The molecule has 0 aliphatic carbocycles. The molecule has 2 fully saturated rings. The van der Waals surface area contributed by atoms with Crippen LogP contribution < -0.4 is 0 Å². The van der Waals surface area contributed by atoms with Crippen molar-refractivity contribution in [3.8, 4) is 0 Å². The first-order chi connectivity index (χ1) is 4.97. The summed E-state index contributed by atoms with van der Waals surface area (Å²) in [7, 11) is 6.94. The van der Waals surface area contributed by atoms with Crippen molar-refractivity contribution in [2.75, 3.05) is 17.3 Å². The molecule has 0 aromatic carbocycles. The van der Waals surface area contributed by atoms with E-state index in [9.17, 15) is 0 Å². The molecule has 2 aliphatic rings. The van der Waals surface area contributed by atoms with Crippen LogP contribution in [0.5, 0.6) is 0 Å². The van der Waals surface area contributed by atoms with Gasteiger partial charge in [-0.05, 0) is 18.6 Å². The Morgan fingerprint density at radius 1 is 1.30 bits per heavy atom. The zero-order valence-electron chi connectivity index (χ0n) is 5.78. The number of thiol groups is 1. The maximum Gasteiger partial charge on any atom is 0.0517 e. The van der Waals surface area contributed by atoms with Crippen molar-refractivity contribution < 1.29 is 0 Å². The van der Waals surface area contributed by atoms with Crippen molar-refractivity contribution in [3.05, 3.63) is 0 Å². The smallest absolute Gasteiger partial charge is 0.0517 e. The average Bonchev–Trinajstić information content (AvgIpc) is 2.59. The monoisotopic (exact) mass is 212 g/mol. The zero-order chi connectivity index (χ0) is 6.81. The topological polar surface area (TPSA) is 0 Å². The van der Waals surface area contributed by atoms with Crippen molar-refractivity contribution in [3.63, 3.8) is 0 Å². The van der Waals surface area contributed by atoms with Gasteiger partial charge in [0.2, 0.25) is 0 Å². The highest BCUT2D eigenvalue weighted by molar-refractivity contribution is 8.91. The molecular weight excluding hydrogens is 200 g/mol. The second-order valence-electron chi connectivity index (χ2n) is 2.49. The molecule has 2 rings (SSSR count). The first kappa shape index (κ1) is 8.02. The van der Waals surface area contributed by atoms with E-state index in [0.717, 1.165) is 4.58 Å². The van der Waals surface area contributed by atoms with Crippen LogP contribution in [0, 0.1) is 0 Å². The fourth-order valence-electron chi connectivity index (χ4n) is 1.21. The Morgan fingerprint density at radius 3 is 2.90 bits per heavy atom.